The third-order valence-corrected chi connectivity index (χ3v) is 5.51. The van der Waals surface area contributed by atoms with Crippen LogP contribution in [0.15, 0.2) is 37.2 Å². The quantitative estimate of drug-likeness (QED) is 0.371. The Labute approximate surface area is 151 Å². The van der Waals surface area contributed by atoms with Gasteiger partial charge >= 0.3 is 12.1 Å². The fraction of sp³-hybridized carbons (Fsp3) is 0.167. The van der Waals surface area contributed by atoms with Crippen molar-refractivity contribution in [2.24, 2.45) is 5.10 Å². The average molecular weight is 494 g/mol. The van der Waals surface area contributed by atoms with Crippen LogP contribution < -0.4 is 5.43 Å². The number of hydrogen-bond acceptors (Lipinski definition) is 5. The van der Waals surface area contributed by atoms with Gasteiger partial charge in [0.25, 0.3) is 0 Å². The van der Waals surface area contributed by atoms with Crippen LogP contribution in [0.3, 0.4) is 0 Å². The number of carboxylic acid groups (broad SMARTS) is 1. The molecule has 0 radical (unpaired) electrons. The van der Waals surface area contributed by atoms with Crippen molar-refractivity contribution in [2.45, 2.75) is 11.1 Å². The Bertz CT molecular complexity index is 820. The lowest BCUT2D eigenvalue weighted by Crippen LogP contribution is -2.09. The third-order valence-electron chi connectivity index (χ3n) is 2.47. The van der Waals surface area contributed by atoms with E-state index in [-0.39, 0.29) is 14.7 Å². The van der Waals surface area contributed by atoms with Gasteiger partial charge in [-0.15, -0.1) is 0 Å². The number of benzene rings is 1. The molecule has 0 aromatic heterocycles. The monoisotopic (exact) mass is 492 g/mol. The standard InChI is InChI=1S/C12H9Br2F3N2O4S/c1-24(22,23)9-4-6(12(15,16)17)2-3-8(9)19-18-5-7(13)10(14)11(20)21/h2-5,19H,1H3,(H,20,21)/b10-7-,18-5-. The summed E-state index contributed by atoms with van der Waals surface area (Å²) in [5, 5.41) is 12.3. The Morgan fingerprint density at radius 1 is 1.33 bits per heavy atom. The maximum atomic E-state index is 12.7. The number of halogens is 5. The summed E-state index contributed by atoms with van der Waals surface area (Å²) in [6, 6.07) is 2.11. The number of anilines is 1. The Hall–Kier alpha value is -1.40. The first-order valence-electron chi connectivity index (χ1n) is 5.83. The van der Waals surface area contributed by atoms with Gasteiger partial charge in [0.05, 0.1) is 26.8 Å². The molecule has 0 spiro atoms. The fourth-order valence-corrected chi connectivity index (χ4v) is 2.64. The topological polar surface area (TPSA) is 95.8 Å². The summed E-state index contributed by atoms with van der Waals surface area (Å²) in [4.78, 5) is 10.1. The van der Waals surface area contributed by atoms with Crippen LogP contribution in [-0.2, 0) is 20.8 Å². The molecule has 0 aliphatic rings. The van der Waals surface area contributed by atoms with Gasteiger partial charge in [-0.1, -0.05) is 0 Å². The van der Waals surface area contributed by atoms with E-state index in [1.54, 1.807) is 0 Å². The molecule has 0 unspecified atom stereocenters. The molecule has 0 saturated heterocycles. The molecule has 2 N–H and O–H groups in total. The fourth-order valence-electron chi connectivity index (χ4n) is 1.42. The Kier molecular flexibility index (Phi) is 6.59. The molecule has 1 aromatic rings. The highest BCUT2D eigenvalue weighted by Crippen LogP contribution is 2.33. The molecule has 0 atom stereocenters. The SMILES string of the molecule is CS(=O)(=O)c1cc(C(F)(F)F)ccc1N/N=C\C(Br)=C(\Br)C(=O)O. The first kappa shape index (κ1) is 20.6. The number of aliphatic carboxylic acids is 1. The van der Waals surface area contributed by atoms with E-state index in [1.807, 2.05) is 0 Å². The highest BCUT2D eigenvalue weighted by Gasteiger charge is 2.32. The maximum Gasteiger partial charge on any atom is 0.416 e. The molecule has 0 fully saturated rings. The maximum absolute atomic E-state index is 12.7. The molecule has 0 saturated carbocycles. The lowest BCUT2D eigenvalue weighted by Gasteiger charge is -2.12. The summed E-state index contributed by atoms with van der Waals surface area (Å²) in [5.41, 5.74) is 0.963. The van der Waals surface area contributed by atoms with Crippen molar-refractivity contribution >= 4 is 59.6 Å². The number of alkyl halides is 3. The van der Waals surface area contributed by atoms with Crippen molar-refractivity contribution in [3.63, 3.8) is 0 Å². The average Bonchev–Trinajstić information content (AvgIpc) is 2.44. The molecule has 0 bridgehead atoms. The van der Waals surface area contributed by atoms with E-state index in [0.717, 1.165) is 18.5 Å². The van der Waals surface area contributed by atoms with E-state index < -0.39 is 32.4 Å². The van der Waals surface area contributed by atoms with Crippen molar-refractivity contribution in [1.82, 2.24) is 0 Å². The predicted octanol–water partition coefficient (Wildman–Crippen LogP) is 3.59. The molecular formula is C12H9Br2F3N2O4S. The van der Waals surface area contributed by atoms with Crippen molar-refractivity contribution in [3.05, 3.63) is 32.7 Å². The molecule has 0 amide bonds. The van der Waals surface area contributed by atoms with Gasteiger partial charge in [-0.3, -0.25) is 5.43 Å². The first-order chi connectivity index (χ1) is 10.8. The summed E-state index contributed by atoms with van der Waals surface area (Å²) in [6.45, 7) is 0. The minimum Gasteiger partial charge on any atom is -0.477 e. The van der Waals surface area contributed by atoms with Crippen LogP contribution in [-0.4, -0.2) is 32.0 Å². The van der Waals surface area contributed by atoms with Crippen LogP contribution in [0.2, 0.25) is 0 Å². The van der Waals surface area contributed by atoms with Gasteiger partial charge in [0.2, 0.25) is 0 Å². The van der Waals surface area contributed by atoms with E-state index >= 15 is 0 Å². The zero-order chi connectivity index (χ0) is 18.7. The van der Waals surface area contributed by atoms with Crippen LogP contribution in [0.4, 0.5) is 18.9 Å². The van der Waals surface area contributed by atoms with Gasteiger partial charge in [-0.05, 0) is 50.1 Å². The van der Waals surface area contributed by atoms with E-state index in [1.165, 1.54) is 0 Å². The van der Waals surface area contributed by atoms with Crippen LogP contribution in [0.5, 0.6) is 0 Å². The molecular weight excluding hydrogens is 485 g/mol. The third kappa shape index (κ3) is 5.60. The number of nitrogens with one attached hydrogen (secondary N) is 1. The second-order valence-electron chi connectivity index (χ2n) is 4.32. The molecule has 1 rings (SSSR count). The number of rotatable bonds is 5. The highest BCUT2D eigenvalue weighted by atomic mass is 79.9. The predicted molar refractivity (Wildman–Crippen MR) is 89.2 cm³/mol. The largest absolute Gasteiger partial charge is 0.477 e. The molecule has 6 nitrogen and oxygen atoms in total. The molecule has 132 valence electrons. The Morgan fingerprint density at radius 2 is 1.92 bits per heavy atom. The highest BCUT2D eigenvalue weighted by molar-refractivity contribution is 9.14. The Morgan fingerprint density at radius 3 is 2.38 bits per heavy atom. The number of nitrogens with zero attached hydrogens (tertiary/aromatic N) is 1. The summed E-state index contributed by atoms with van der Waals surface area (Å²) in [6.07, 6.45) is -2.94. The second kappa shape index (κ2) is 7.66. The van der Waals surface area contributed by atoms with Crippen molar-refractivity contribution in [1.29, 1.82) is 0 Å². The number of carbonyl (C=O) groups is 1. The Balaban J connectivity index is 3.22. The first-order valence-corrected chi connectivity index (χ1v) is 9.30. The summed E-state index contributed by atoms with van der Waals surface area (Å²) in [7, 11) is -3.96. The molecule has 12 heteroatoms. The molecule has 0 aliphatic carbocycles. The zero-order valence-corrected chi connectivity index (χ0v) is 15.7. The number of sulfone groups is 1. The van der Waals surface area contributed by atoms with E-state index in [0.29, 0.717) is 12.1 Å². The molecule has 0 heterocycles. The second-order valence-corrected chi connectivity index (χ2v) is 7.95. The van der Waals surface area contributed by atoms with Crippen LogP contribution in [0.25, 0.3) is 0 Å². The summed E-state index contributed by atoms with van der Waals surface area (Å²) in [5.74, 6) is -1.28. The molecule has 24 heavy (non-hydrogen) atoms. The number of hydrazone groups is 1. The smallest absolute Gasteiger partial charge is 0.416 e. The van der Waals surface area contributed by atoms with Crippen LogP contribution >= 0.6 is 31.9 Å². The van der Waals surface area contributed by atoms with E-state index in [2.05, 4.69) is 42.4 Å². The minimum atomic E-state index is -4.70. The van der Waals surface area contributed by atoms with Gasteiger partial charge < -0.3 is 5.11 Å². The summed E-state index contributed by atoms with van der Waals surface area (Å²) >= 11 is 5.67. The number of carboxylic acids is 1. The molecule has 0 aliphatic heterocycles. The lowest BCUT2D eigenvalue weighted by atomic mass is 10.2. The summed E-state index contributed by atoms with van der Waals surface area (Å²) < 4.78 is 61.2. The minimum absolute atomic E-state index is 0.0234. The van der Waals surface area contributed by atoms with Crippen LogP contribution in [0.1, 0.15) is 5.56 Å². The van der Waals surface area contributed by atoms with Gasteiger partial charge in [-0.25, -0.2) is 13.2 Å². The van der Waals surface area contributed by atoms with Gasteiger partial charge in [0.1, 0.15) is 4.48 Å². The van der Waals surface area contributed by atoms with Crippen molar-refractivity contribution in [2.75, 3.05) is 11.7 Å². The lowest BCUT2D eigenvalue weighted by molar-refractivity contribution is -0.137. The van der Waals surface area contributed by atoms with Gasteiger partial charge in [0.15, 0.2) is 9.84 Å². The van der Waals surface area contributed by atoms with Crippen molar-refractivity contribution < 1.29 is 31.5 Å². The van der Waals surface area contributed by atoms with E-state index in [9.17, 15) is 26.4 Å². The number of hydrogen-bond donors (Lipinski definition) is 2. The zero-order valence-electron chi connectivity index (χ0n) is 11.7. The van der Waals surface area contributed by atoms with Gasteiger partial charge in [-0.2, -0.15) is 18.3 Å². The molecule has 1 aromatic carbocycles. The number of allylic oxidation sites excluding steroid dienone is 1. The van der Waals surface area contributed by atoms with Crippen molar-refractivity contribution in [3.8, 4) is 0 Å². The van der Waals surface area contributed by atoms with Crippen LogP contribution in [0, 0.1) is 0 Å². The van der Waals surface area contributed by atoms with Gasteiger partial charge in [0, 0.05) is 6.26 Å². The van der Waals surface area contributed by atoms with E-state index in [4.69, 9.17) is 5.11 Å². The normalized spacial score (nSPS) is 13.8.